The zero-order valence-corrected chi connectivity index (χ0v) is 8.96. The molecule has 0 heterocycles. The van der Waals surface area contributed by atoms with Crippen LogP contribution in [0.15, 0.2) is 17.1 Å². The van der Waals surface area contributed by atoms with Crippen LogP contribution < -0.4 is 0 Å². The molecule has 0 fully saturated rings. The van der Waals surface area contributed by atoms with Gasteiger partial charge in [0.25, 0.3) is 0 Å². The molecule has 0 amide bonds. The Labute approximate surface area is 76.6 Å². The zero-order valence-electron chi connectivity index (χ0n) is 8.96. The first kappa shape index (κ1) is 11.4. The van der Waals surface area contributed by atoms with Crippen molar-refractivity contribution in [1.29, 1.82) is 0 Å². The minimum Gasteiger partial charge on any atom is -0.290 e. The molecule has 0 aliphatic rings. The molecule has 0 aromatic heterocycles. The van der Waals surface area contributed by atoms with Gasteiger partial charge in [-0.15, -0.1) is 0 Å². The molecular formula is C11H21N. The highest BCUT2D eigenvalue weighted by atomic mass is 14.7. The Bertz CT molecular complexity index is 164. The molecule has 0 N–H and O–H groups in total. The number of hydrogen-bond donors (Lipinski definition) is 0. The first-order valence-electron chi connectivity index (χ1n) is 4.80. The van der Waals surface area contributed by atoms with Gasteiger partial charge in [0, 0.05) is 12.3 Å². The van der Waals surface area contributed by atoms with Gasteiger partial charge < -0.3 is 0 Å². The maximum atomic E-state index is 4.43. The number of nitrogens with zero attached hydrogens (tertiary/aromatic N) is 1. The second-order valence-corrected chi connectivity index (χ2v) is 3.66. The van der Waals surface area contributed by atoms with Gasteiger partial charge >= 0.3 is 0 Å². The molecule has 0 radical (unpaired) electrons. The summed E-state index contributed by atoms with van der Waals surface area (Å²) in [4.78, 5) is 4.43. The Kier molecular flexibility index (Phi) is 5.69. The molecular weight excluding hydrogens is 146 g/mol. The molecule has 0 unspecified atom stereocenters. The standard InChI is InChI=1S/C11H21N/c1-6-12-11(10(4)5)8-7-9(2)3/h7-10H,6H2,1-5H3. The van der Waals surface area contributed by atoms with Crippen LogP contribution in [-0.4, -0.2) is 12.3 Å². The number of hydrogen-bond acceptors (Lipinski definition) is 1. The molecule has 0 aromatic rings. The maximum Gasteiger partial charge on any atom is 0.0370 e. The van der Waals surface area contributed by atoms with Crippen molar-refractivity contribution in [3.8, 4) is 0 Å². The first-order chi connectivity index (χ1) is 5.57. The fourth-order valence-corrected chi connectivity index (χ4v) is 0.901. The third-order valence-electron chi connectivity index (χ3n) is 1.58. The third-order valence-corrected chi connectivity index (χ3v) is 1.58. The molecule has 1 heteroatoms. The van der Waals surface area contributed by atoms with Crippen LogP contribution in [0.5, 0.6) is 0 Å². The Balaban J connectivity index is 4.24. The molecule has 0 aliphatic carbocycles. The summed E-state index contributed by atoms with van der Waals surface area (Å²) in [5.74, 6) is 1.16. The summed E-state index contributed by atoms with van der Waals surface area (Å²) in [6, 6.07) is 0. The van der Waals surface area contributed by atoms with Crippen molar-refractivity contribution in [2.24, 2.45) is 16.8 Å². The summed E-state index contributed by atoms with van der Waals surface area (Å²) < 4.78 is 0. The Morgan fingerprint density at radius 3 is 2.17 bits per heavy atom. The van der Waals surface area contributed by atoms with E-state index in [0.29, 0.717) is 11.8 Å². The highest BCUT2D eigenvalue weighted by Crippen LogP contribution is 2.02. The fraction of sp³-hybridized carbons (Fsp3) is 0.727. The van der Waals surface area contributed by atoms with E-state index in [0.717, 1.165) is 6.54 Å². The highest BCUT2D eigenvalue weighted by Gasteiger charge is 1.99. The average Bonchev–Trinajstić information content (AvgIpc) is 1.96. The van der Waals surface area contributed by atoms with Gasteiger partial charge in [0.15, 0.2) is 0 Å². The second kappa shape index (κ2) is 5.99. The predicted molar refractivity (Wildman–Crippen MR) is 56.8 cm³/mol. The van der Waals surface area contributed by atoms with Crippen molar-refractivity contribution in [2.45, 2.75) is 34.6 Å². The number of allylic oxidation sites excluding steroid dienone is 2. The molecule has 1 nitrogen and oxygen atoms in total. The molecule has 12 heavy (non-hydrogen) atoms. The summed E-state index contributed by atoms with van der Waals surface area (Å²) >= 11 is 0. The molecule has 0 aliphatic heterocycles. The molecule has 0 bridgehead atoms. The zero-order chi connectivity index (χ0) is 9.56. The molecule has 70 valence electrons. The third kappa shape index (κ3) is 5.11. The van der Waals surface area contributed by atoms with Crippen LogP contribution in [0.3, 0.4) is 0 Å². The molecule has 0 spiro atoms. The fourth-order valence-electron chi connectivity index (χ4n) is 0.901. The summed E-state index contributed by atoms with van der Waals surface area (Å²) in [6.07, 6.45) is 4.35. The van der Waals surface area contributed by atoms with E-state index in [1.54, 1.807) is 0 Å². The van der Waals surface area contributed by atoms with Gasteiger partial charge in [-0.2, -0.15) is 0 Å². The predicted octanol–water partition coefficient (Wildman–Crippen LogP) is 3.32. The number of aliphatic imine (C=N–C) groups is 1. The van der Waals surface area contributed by atoms with Crippen molar-refractivity contribution in [3.63, 3.8) is 0 Å². The van der Waals surface area contributed by atoms with E-state index in [-0.39, 0.29) is 0 Å². The van der Waals surface area contributed by atoms with E-state index in [9.17, 15) is 0 Å². The average molecular weight is 167 g/mol. The van der Waals surface area contributed by atoms with Crippen LogP contribution in [0.2, 0.25) is 0 Å². The van der Waals surface area contributed by atoms with Gasteiger partial charge in [-0.1, -0.05) is 33.8 Å². The monoisotopic (exact) mass is 167 g/mol. The van der Waals surface area contributed by atoms with E-state index in [2.05, 4.69) is 51.8 Å². The van der Waals surface area contributed by atoms with Crippen LogP contribution >= 0.6 is 0 Å². The van der Waals surface area contributed by atoms with Gasteiger partial charge in [0.05, 0.1) is 0 Å². The van der Waals surface area contributed by atoms with E-state index in [1.807, 2.05) is 0 Å². The lowest BCUT2D eigenvalue weighted by Crippen LogP contribution is -2.04. The molecule has 0 rings (SSSR count). The van der Waals surface area contributed by atoms with Crippen LogP contribution in [0, 0.1) is 11.8 Å². The Morgan fingerprint density at radius 2 is 1.83 bits per heavy atom. The van der Waals surface area contributed by atoms with E-state index < -0.39 is 0 Å². The first-order valence-corrected chi connectivity index (χ1v) is 4.80. The molecule has 0 aromatic carbocycles. The number of rotatable bonds is 4. The van der Waals surface area contributed by atoms with Crippen molar-refractivity contribution >= 4 is 5.71 Å². The van der Waals surface area contributed by atoms with Crippen molar-refractivity contribution < 1.29 is 0 Å². The topological polar surface area (TPSA) is 12.4 Å². The van der Waals surface area contributed by atoms with E-state index >= 15 is 0 Å². The molecule has 0 saturated heterocycles. The van der Waals surface area contributed by atoms with Gasteiger partial charge in [-0.25, -0.2) is 0 Å². The van der Waals surface area contributed by atoms with Crippen LogP contribution in [0.25, 0.3) is 0 Å². The maximum absolute atomic E-state index is 4.43. The van der Waals surface area contributed by atoms with Gasteiger partial charge in [0.2, 0.25) is 0 Å². The summed E-state index contributed by atoms with van der Waals surface area (Å²) in [5.41, 5.74) is 1.21. The minimum atomic E-state index is 0.542. The lowest BCUT2D eigenvalue weighted by Gasteiger charge is -2.04. The van der Waals surface area contributed by atoms with Crippen molar-refractivity contribution in [1.82, 2.24) is 0 Å². The minimum absolute atomic E-state index is 0.542. The van der Waals surface area contributed by atoms with E-state index in [4.69, 9.17) is 0 Å². The van der Waals surface area contributed by atoms with Gasteiger partial charge in [0.1, 0.15) is 0 Å². The lowest BCUT2D eigenvalue weighted by atomic mass is 10.1. The van der Waals surface area contributed by atoms with Crippen molar-refractivity contribution in [3.05, 3.63) is 12.2 Å². The van der Waals surface area contributed by atoms with Crippen LogP contribution in [0.1, 0.15) is 34.6 Å². The lowest BCUT2D eigenvalue weighted by molar-refractivity contribution is 0.827. The van der Waals surface area contributed by atoms with Crippen LogP contribution in [0.4, 0.5) is 0 Å². The summed E-state index contributed by atoms with van der Waals surface area (Å²) in [7, 11) is 0. The quantitative estimate of drug-likeness (QED) is 0.570. The van der Waals surface area contributed by atoms with E-state index in [1.165, 1.54) is 5.71 Å². The largest absolute Gasteiger partial charge is 0.290 e. The van der Waals surface area contributed by atoms with Crippen molar-refractivity contribution in [2.75, 3.05) is 6.54 Å². The molecule has 0 saturated carbocycles. The van der Waals surface area contributed by atoms with Gasteiger partial charge in [-0.05, 0) is 24.8 Å². The van der Waals surface area contributed by atoms with Gasteiger partial charge in [-0.3, -0.25) is 4.99 Å². The Hall–Kier alpha value is -0.590. The van der Waals surface area contributed by atoms with Crippen LogP contribution in [-0.2, 0) is 0 Å². The smallest absolute Gasteiger partial charge is 0.0370 e. The molecule has 0 atom stereocenters. The summed E-state index contributed by atoms with van der Waals surface area (Å²) in [5, 5.41) is 0. The Morgan fingerprint density at radius 1 is 1.25 bits per heavy atom. The second-order valence-electron chi connectivity index (χ2n) is 3.66. The highest BCUT2D eigenvalue weighted by molar-refractivity contribution is 5.96. The SMILES string of the molecule is CCN=C(C=CC(C)C)C(C)C. The summed E-state index contributed by atoms with van der Waals surface area (Å²) in [6.45, 7) is 11.7. The normalized spacial score (nSPS) is 13.8.